The molecular weight excluding hydrogens is 334 g/mol. The fourth-order valence-corrected chi connectivity index (χ4v) is 3.24. The molecule has 0 bridgehead atoms. The first-order valence-corrected chi connectivity index (χ1v) is 7.34. The first kappa shape index (κ1) is 14.4. The quantitative estimate of drug-likeness (QED) is 0.848. The normalized spacial score (nSPS) is 12.5. The van der Waals surface area contributed by atoms with Crippen LogP contribution in [0.15, 0.2) is 16.6 Å². The molecule has 1 heterocycles. The van der Waals surface area contributed by atoms with Crippen LogP contribution in [0.1, 0.15) is 28.5 Å². The average molecular weight is 347 g/mol. The van der Waals surface area contributed by atoms with E-state index in [9.17, 15) is 8.78 Å². The minimum absolute atomic E-state index is 0.110. The summed E-state index contributed by atoms with van der Waals surface area (Å²) in [7, 11) is 0. The van der Waals surface area contributed by atoms with E-state index in [4.69, 9.17) is 0 Å². The molecule has 0 saturated heterocycles. The van der Waals surface area contributed by atoms with E-state index in [2.05, 4.69) is 26.2 Å². The third-order valence-corrected chi connectivity index (χ3v) is 4.41. The van der Waals surface area contributed by atoms with E-state index in [-0.39, 0.29) is 11.7 Å². The van der Waals surface area contributed by atoms with Crippen molar-refractivity contribution in [1.82, 2.24) is 4.98 Å². The third-order valence-electron chi connectivity index (χ3n) is 2.70. The summed E-state index contributed by atoms with van der Waals surface area (Å²) in [6.07, 6.45) is 0. The molecule has 19 heavy (non-hydrogen) atoms. The maximum Gasteiger partial charge on any atom is 0.150 e. The van der Waals surface area contributed by atoms with Gasteiger partial charge in [0.15, 0.2) is 0 Å². The predicted octanol–water partition coefficient (Wildman–Crippen LogP) is 4.97. The zero-order chi connectivity index (χ0) is 14.2. The summed E-state index contributed by atoms with van der Waals surface area (Å²) in [6, 6.07) is 2.28. The van der Waals surface area contributed by atoms with Crippen molar-refractivity contribution in [3.05, 3.63) is 43.8 Å². The molecule has 1 atom stereocenters. The fraction of sp³-hybridized carbons (Fsp3) is 0.308. The maximum atomic E-state index is 13.7. The number of thiazole rings is 1. The molecule has 1 aromatic carbocycles. The van der Waals surface area contributed by atoms with Gasteiger partial charge in [-0.2, -0.15) is 0 Å². The Morgan fingerprint density at radius 3 is 2.32 bits per heavy atom. The Hall–Kier alpha value is -1.01. The predicted molar refractivity (Wildman–Crippen MR) is 77.7 cm³/mol. The van der Waals surface area contributed by atoms with Gasteiger partial charge in [0.1, 0.15) is 17.3 Å². The van der Waals surface area contributed by atoms with E-state index in [1.54, 1.807) is 0 Å². The number of hydrogen-bond donors (Lipinski definition) is 1. The van der Waals surface area contributed by atoms with Crippen LogP contribution < -0.4 is 5.32 Å². The number of aryl methyl sites for hydroxylation is 2. The summed E-state index contributed by atoms with van der Waals surface area (Å²) in [5.41, 5.74) is 0.779. The van der Waals surface area contributed by atoms with E-state index in [0.717, 1.165) is 15.6 Å². The molecule has 0 amide bonds. The smallest absolute Gasteiger partial charge is 0.150 e. The number of benzene rings is 1. The molecule has 0 fully saturated rings. The standard InChI is InChI=1S/C13H13BrF2N2S/c1-6-13(19-8(3)17-6)7(2)18-12-10(15)4-9(14)5-11(12)16/h4-5,7,18H,1-3H3. The number of hydrogen-bond acceptors (Lipinski definition) is 3. The minimum atomic E-state index is -0.613. The molecule has 102 valence electrons. The molecule has 0 aliphatic carbocycles. The van der Waals surface area contributed by atoms with Crippen LogP contribution >= 0.6 is 27.3 Å². The highest BCUT2D eigenvalue weighted by Gasteiger charge is 2.17. The second-order valence-corrected chi connectivity index (χ2v) is 6.44. The van der Waals surface area contributed by atoms with Gasteiger partial charge in [0.2, 0.25) is 0 Å². The Morgan fingerprint density at radius 2 is 1.84 bits per heavy atom. The molecule has 0 spiro atoms. The lowest BCUT2D eigenvalue weighted by atomic mass is 10.2. The second kappa shape index (κ2) is 5.54. The lowest BCUT2D eigenvalue weighted by Crippen LogP contribution is -2.09. The number of rotatable bonds is 3. The van der Waals surface area contributed by atoms with Gasteiger partial charge in [-0.1, -0.05) is 15.9 Å². The minimum Gasteiger partial charge on any atom is -0.373 e. The number of anilines is 1. The molecule has 1 N–H and O–H groups in total. The van der Waals surface area contributed by atoms with Gasteiger partial charge in [0.25, 0.3) is 0 Å². The zero-order valence-corrected chi connectivity index (χ0v) is 13.1. The molecule has 2 aromatic rings. The van der Waals surface area contributed by atoms with Crippen molar-refractivity contribution in [3.8, 4) is 0 Å². The zero-order valence-electron chi connectivity index (χ0n) is 10.7. The molecule has 0 aliphatic heterocycles. The molecular formula is C13H13BrF2N2S. The van der Waals surface area contributed by atoms with Crippen molar-refractivity contribution in [1.29, 1.82) is 0 Å². The van der Waals surface area contributed by atoms with Crippen molar-refractivity contribution >= 4 is 33.0 Å². The Bertz CT molecular complexity index is 590. The second-order valence-electron chi connectivity index (χ2n) is 4.29. The van der Waals surface area contributed by atoms with Crippen molar-refractivity contribution in [2.75, 3.05) is 5.32 Å². The van der Waals surface area contributed by atoms with Gasteiger partial charge in [-0.05, 0) is 32.9 Å². The van der Waals surface area contributed by atoms with Crippen LogP contribution in [0.25, 0.3) is 0 Å². The van der Waals surface area contributed by atoms with Crippen LogP contribution in [0.5, 0.6) is 0 Å². The van der Waals surface area contributed by atoms with E-state index in [0.29, 0.717) is 4.47 Å². The summed E-state index contributed by atoms with van der Waals surface area (Å²) >= 11 is 4.59. The summed E-state index contributed by atoms with van der Waals surface area (Å²) in [5, 5.41) is 3.82. The van der Waals surface area contributed by atoms with E-state index in [1.165, 1.54) is 23.5 Å². The highest BCUT2D eigenvalue weighted by Crippen LogP contribution is 2.31. The van der Waals surface area contributed by atoms with Gasteiger partial charge in [-0.3, -0.25) is 0 Å². The lowest BCUT2D eigenvalue weighted by Gasteiger charge is -2.16. The first-order chi connectivity index (χ1) is 8.88. The maximum absolute atomic E-state index is 13.7. The van der Waals surface area contributed by atoms with Gasteiger partial charge >= 0.3 is 0 Å². The first-order valence-electron chi connectivity index (χ1n) is 5.73. The Labute approximate surface area is 123 Å². The summed E-state index contributed by atoms with van der Waals surface area (Å²) < 4.78 is 27.9. The van der Waals surface area contributed by atoms with E-state index >= 15 is 0 Å². The van der Waals surface area contributed by atoms with Crippen LogP contribution in [0, 0.1) is 25.5 Å². The molecule has 1 aromatic heterocycles. The molecule has 1 unspecified atom stereocenters. The average Bonchev–Trinajstić information content (AvgIpc) is 2.62. The van der Waals surface area contributed by atoms with Crippen LogP contribution in [-0.2, 0) is 0 Å². The molecule has 6 heteroatoms. The Kier molecular flexibility index (Phi) is 4.20. The van der Waals surface area contributed by atoms with Gasteiger partial charge in [-0.15, -0.1) is 11.3 Å². The summed E-state index contributed by atoms with van der Waals surface area (Å²) in [6.45, 7) is 5.67. The highest BCUT2D eigenvalue weighted by atomic mass is 79.9. The van der Waals surface area contributed by atoms with Gasteiger partial charge in [0, 0.05) is 9.35 Å². The van der Waals surface area contributed by atoms with Crippen molar-refractivity contribution in [3.63, 3.8) is 0 Å². The summed E-state index contributed by atoms with van der Waals surface area (Å²) in [5.74, 6) is -1.23. The topological polar surface area (TPSA) is 24.9 Å². The molecule has 2 nitrogen and oxygen atoms in total. The number of aromatic nitrogens is 1. The number of nitrogens with zero attached hydrogens (tertiary/aromatic N) is 1. The van der Waals surface area contributed by atoms with Crippen molar-refractivity contribution in [2.24, 2.45) is 0 Å². The number of halogens is 3. The van der Waals surface area contributed by atoms with Crippen LogP contribution in [-0.4, -0.2) is 4.98 Å². The van der Waals surface area contributed by atoms with Gasteiger partial charge in [0.05, 0.1) is 16.7 Å². The van der Waals surface area contributed by atoms with Crippen LogP contribution in [0.4, 0.5) is 14.5 Å². The van der Waals surface area contributed by atoms with Gasteiger partial charge < -0.3 is 5.32 Å². The Morgan fingerprint density at radius 1 is 1.26 bits per heavy atom. The third kappa shape index (κ3) is 3.12. The van der Waals surface area contributed by atoms with Crippen LogP contribution in [0.3, 0.4) is 0 Å². The monoisotopic (exact) mass is 346 g/mol. The van der Waals surface area contributed by atoms with E-state index < -0.39 is 11.6 Å². The molecule has 0 saturated carbocycles. The van der Waals surface area contributed by atoms with E-state index in [1.807, 2.05) is 20.8 Å². The van der Waals surface area contributed by atoms with Crippen molar-refractivity contribution in [2.45, 2.75) is 26.8 Å². The Balaban J connectivity index is 2.29. The highest BCUT2D eigenvalue weighted by molar-refractivity contribution is 9.10. The molecule has 2 rings (SSSR count). The largest absolute Gasteiger partial charge is 0.373 e. The van der Waals surface area contributed by atoms with Crippen molar-refractivity contribution < 1.29 is 8.78 Å². The fourth-order valence-electron chi connectivity index (χ4n) is 1.91. The SMILES string of the molecule is Cc1nc(C)c(C(C)Nc2c(F)cc(Br)cc2F)s1. The summed E-state index contributed by atoms with van der Waals surface area (Å²) in [4.78, 5) is 5.30. The lowest BCUT2D eigenvalue weighted by molar-refractivity contribution is 0.583. The van der Waals surface area contributed by atoms with Gasteiger partial charge in [-0.25, -0.2) is 13.8 Å². The number of nitrogens with one attached hydrogen (secondary N) is 1. The molecule has 0 aliphatic rings. The van der Waals surface area contributed by atoms with Crippen LogP contribution in [0.2, 0.25) is 0 Å². The molecule has 0 radical (unpaired) electrons.